The molecule has 2 heterocycles. The minimum atomic E-state index is 0.137. The second-order valence-corrected chi connectivity index (χ2v) is 6.05. The third-order valence-corrected chi connectivity index (χ3v) is 5.08. The molecule has 2 atom stereocenters. The van der Waals surface area contributed by atoms with Crippen molar-refractivity contribution in [3.05, 3.63) is 16.1 Å². The van der Waals surface area contributed by atoms with Crippen LogP contribution in [0.25, 0.3) is 0 Å². The molecule has 2 N–H and O–H groups in total. The number of thioether (sulfide) groups is 1. The van der Waals surface area contributed by atoms with Crippen LogP contribution in [-0.2, 0) is 0 Å². The molecule has 0 radical (unpaired) electrons. The fourth-order valence-electron chi connectivity index (χ4n) is 1.64. The molecule has 0 bridgehead atoms. The normalized spacial score (nSPS) is 24.9. The molecule has 0 aliphatic carbocycles. The maximum Gasteiger partial charge on any atom is 0.0967 e. The van der Waals surface area contributed by atoms with Crippen molar-refractivity contribution in [1.29, 1.82) is 0 Å². The van der Waals surface area contributed by atoms with E-state index in [1.165, 1.54) is 34.2 Å². The molecule has 1 aromatic heterocycles. The summed E-state index contributed by atoms with van der Waals surface area (Å²) in [6, 6.07) is 0.137. The first-order chi connectivity index (χ1) is 6.77. The number of nitrogens with two attached hydrogens (primary N) is 1. The van der Waals surface area contributed by atoms with Gasteiger partial charge in [0.1, 0.15) is 0 Å². The Morgan fingerprint density at radius 1 is 1.64 bits per heavy atom. The summed E-state index contributed by atoms with van der Waals surface area (Å²) in [5.74, 6) is 3.25. The summed E-state index contributed by atoms with van der Waals surface area (Å²) >= 11 is 3.85. The fraction of sp³-hybridized carbons (Fsp3) is 0.700. The van der Waals surface area contributed by atoms with Crippen LogP contribution in [0.15, 0.2) is 6.20 Å². The maximum absolute atomic E-state index is 5.82. The van der Waals surface area contributed by atoms with E-state index in [2.05, 4.69) is 16.7 Å². The molecule has 0 saturated carbocycles. The van der Waals surface area contributed by atoms with Gasteiger partial charge >= 0.3 is 0 Å². The second kappa shape index (κ2) is 4.64. The highest BCUT2D eigenvalue weighted by Gasteiger charge is 2.19. The van der Waals surface area contributed by atoms with E-state index in [1.54, 1.807) is 11.3 Å². The highest BCUT2D eigenvalue weighted by atomic mass is 32.2. The Hall–Kier alpha value is -0.0600. The molecule has 2 nitrogen and oxygen atoms in total. The van der Waals surface area contributed by atoms with Crippen molar-refractivity contribution in [2.24, 2.45) is 5.73 Å². The molecule has 14 heavy (non-hydrogen) atoms. The summed E-state index contributed by atoms with van der Waals surface area (Å²) in [5.41, 5.74) is 5.82. The lowest BCUT2D eigenvalue weighted by atomic mass is 10.1. The zero-order valence-corrected chi connectivity index (χ0v) is 10.0. The molecule has 0 spiro atoms. The van der Waals surface area contributed by atoms with Gasteiger partial charge in [-0.05, 0) is 25.5 Å². The molecular formula is C10H16N2S2. The molecule has 4 heteroatoms. The molecule has 1 aliphatic rings. The molecular weight excluding hydrogens is 212 g/mol. The van der Waals surface area contributed by atoms with Crippen molar-refractivity contribution < 1.29 is 0 Å². The van der Waals surface area contributed by atoms with E-state index in [0.717, 1.165) is 0 Å². The van der Waals surface area contributed by atoms with Crippen molar-refractivity contribution in [2.45, 2.75) is 31.7 Å². The van der Waals surface area contributed by atoms with Gasteiger partial charge in [0.05, 0.1) is 5.01 Å². The molecule has 2 unspecified atom stereocenters. The summed E-state index contributed by atoms with van der Waals surface area (Å²) in [7, 11) is 0. The first-order valence-electron chi connectivity index (χ1n) is 5.06. The van der Waals surface area contributed by atoms with Gasteiger partial charge in [0, 0.05) is 28.8 Å². The number of thiazole rings is 1. The van der Waals surface area contributed by atoms with Crippen LogP contribution in [0.5, 0.6) is 0 Å². The fourth-order valence-corrected chi connectivity index (χ4v) is 3.89. The van der Waals surface area contributed by atoms with Crippen LogP contribution in [0.2, 0.25) is 0 Å². The van der Waals surface area contributed by atoms with E-state index in [9.17, 15) is 0 Å². The number of rotatable bonds is 2. The Morgan fingerprint density at radius 2 is 2.50 bits per heavy atom. The van der Waals surface area contributed by atoms with Crippen LogP contribution in [0, 0.1) is 0 Å². The lowest BCUT2D eigenvalue weighted by Crippen LogP contribution is -2.07. The first kappa shape index (κ1) is 10.5. The molecule has 78 valence electrons. The minimum absolute atomic E-state index is 0.137. The van der Waals surface area contributed by atoms with Gasteiger partial charge in [0.15, 0.2) is 0 Å². The quantitative estimate of drug-likeness (QED) is 0.846. The van der Waals surface area contributed by atoms with Gasteiger partial charge in [-0.2, -0.15) is 11.8 Å². The van der Waals surface area contributed by atoms with Gasteiger partial charge < -0.3 is 5.73 Å². The smallest absolute Gasteiger partial charge is 0.0967 e. The largest absolute Gasteiger partial charge is 0.323 e. The summed E-state index contributed by atoms with van der Waals surface area (Å²) in [6.07, 6.45) is 4.59. The first-order valence-corrected chi connectivity index (χ1v) is 7.03. The van der Waals surface area contributed by atoms with Gasteiger partial charge in [0.25, 0.3) is 0 Å². The summed E-state index contributed by atoms with van der Waals surface area (Å²) in [6.45, 7) is 2.02. The van der Waals surface area contributed by atoms with Crippen molar-refractivity contribution in [3.8, 4) is 0 Å². The van der Waals surface area contributed by atoms with Crippen LogP contribution in [0.1, 0.15) is 41.6 Å². The third-order valence-electron chi connectivity index (χ3n) is 2.50. The third kappa shape index (κ3) is 2.30. The Kier molecular flexibility index (Phi) is 3.47. The number of hydrogen-bond donors (Lipinski definition) is 1. The predicted molar refractivity (Wildman–Crippen MR) is 64.0 cm³/mol. The molecule has 1 aromatic rings. The van der Waals surface area contributed by atoms with E-state index in [1.807, 2.05) is 13.1 Å². The minimum Gasteiger partial charge on any atom is -0.323 e. The van der Waals surface area contributed by atoms with Gasteiger partial charge in [-0.3, -0.25) is 0 Å². The second-order valence-electron chi connectivity index (χ2n) is 3.80. The molecule has 1 aliphatic heterocycles. The van der Waals surface area contributed by atoms with Gasteiger partial charge in [-0.15, -0.1) is 11.3 Å². The van der Waals surface area contributed by atoms with Crippen LogP contribution < -0.4 is 5.73 Å². The zero-order chi connectivity index (χ0) is 9.97. The Bertz CT molecular complexity index is 290. The van der Waals surface area contributed by atoms with Crippen molar-refractivity contribution in [1.82, 2.24) is 4.98 Å². The lowest BCUT2D eigenvalue weighted by molar-refractivity contribution is 0.656. The SMILES string of the molecule is CC(N)c1cnc(C2CCCSC2)s1. The molecule has 1 saturated heterocycles. The molecule has 0 aromatic carbocycles. The average molecular weight is 228 g/mol. The molecule has 0 amide bonds. The number of aromatic nitrogens is 1. The van der Waals surface area contributed by atoms with E-state index < -0.39 is 0 Å². The average Bonchev–Trinajstić information content (AvgIpc) is 2.68. The van der Waals surface area contributed by atoms with E-state index in [0.29, 0.717) is 5.92 Å². The highest BCUT2D eigenvalue weighted by molar-refractivity contribution is 7.99. The Labute approximate surface area is 93.3 Å². The van der Waals surface area contributed by atoms with Gasteiger partial charge in [-0.1, -0.05) is 0 Å². The molecule has 2 rings (SSSR count). The molecule has 1 fully saturated rings. The number of hydrogen-bond acceptors (Lipinski definition) is 4. The predicted octanol–water partition coefficient (Wildman–Crippen LogP) is 2.77. The van der Waals surface area contributed by atoms with Crippen LogP contribution in [0.4, 0.5) is 0 Å². The lowest BCUT2D eigenvalue weighted by Gasteiger charge is -2.18. The summed E-state index contributed by atoms with van der Waals surface area (Å²) < 4.78 is 0. The van der Waals surface area contributed by atoms with E-state index in [4.69, 9.17) is 5.73 Å². The van der Waals surface area contributed by atoms with E-state index in [-0.39, 0.29) is 6.04 Å². The topological polar surface area (TPSA) is 38.9 Å². The zero-order valence-electron chi connectivity index (χ0n) is 8.40. The summed E-state index contributed by atoms with van der Waals surface area (Å²) in [4.78, 5) is 5.70. The van der Waals surface area contributed by atoms with Gasteiger partial charge in [-0.25, -0.2) is 4.98 Å². The van der Waals surface area contributed by atoms with Crippen LogP contribution in [-0.4, -0.2) is 16.5 Å². The summed E-state index contributed by atoms with van der Waals surface area (Å²) in [5, 5.41) is 1.30. The number of nitrogens with zero attached hydrogens (tertiary/aromatic N) is 1. The Balaban J connectivity index is 2.07. The van der Waals surface area contributed by atoms with Crippen molar-refractivity contribution in [3.63, 3.8) is 0 Å². The van der Waals surface area contributed by atoms with Crippen molar-refractivity contribution in [2.75, 3.05) is 11.5 Å². The standard InChI is InChI=1S/C10H16N2S2/c1-7(11)9-5-12-10(14-9)8-3-2-4-13-6-8/h5,7-8H,2-4,6,11H2,1H3. The van der Waals surface area contributed by atoms with E-state index >= 15 is 0 Å². The monoisotopic (exact) mass is 228 g/mol. The maximum atomic E-state index is 5.82. The Morgan fingerprint density at radius 3 is 3.07 bits per heavy atom. The van der Waals surface area contributed by atoms with Crippen molar-refractivity contribution >= 4 is 23.1 Å². The highest BCUT2D eigenvalue weighted by Crippen LogP contribution is 2.34. The van der Waals surface area contributed by atoms with Crippen LogP contribution in [0.3, 0.4) is 0 Å². The van der Waals surface area contributed by atoms with Gasteiger partial charge in [0.2, 0.25) is 0 Å². The van der Waals surface area contributed by atoms with Crippen LogP contribution >= 0.6 is 23.1 Å².